The summed E-state index contributed by atoms with van der Waals surface area (Å²) in [5, 5.41) is 0. The molecule has 2 aliphatic heterocycles. The number of amides is 1. The van der Waals surface area contributed by atoms with E-state index in [-0.39, 0.29) is 11.9 Å². The summed E-state index contributed by atoms with van der Waals surface area (Å²) in [6.07, 6.45) is 7.36. The third-order valence-corrected chi connectivity index (χ3v) is 7.65. The number of fused-ring (bicyclic) bond motifs is 3. The highest BCUT2D eigenvalue weighted by Gasteiger charge is 2.57. The van der Waals surface area contributed by atoms with Gasteiger partial charge in [-0.1, -0.05) is 24.3 Å². The number of hydrogen-bond acceptors (Lipinski definition) is 5. The Morgan fingerprint density at radius 2 is 1.82 bits per heavy atom. The zero-order valence-corrected chi connectivity index (χ0v) is 18.5. The van der Waals surface area contributed by atoms with E-state index < -0.39 is 11.0 Å². The van der Waals surface area contributed by atoms with Crippen molar-refractivity contribution in [1.29, 1.82) is 0 Å². The van der Waals surface area contributed by atoms with E-state index in [1.54, 1.807) is 12.4 Å². The SMILES string of the molecule is O=C1OC2(CCN(C(=O)C3(c4ccc(-n5cnc6ccccc65)cc4)CC3)C2)c2ccncc21. The number of pyridine rings is 1. The average Bonchev–Trinajstić information content (AvgIpc) is 3.27. The molecule has 1 spiro atoms. The maximum atomic E-state index is 13.7. The first kappa shape index (κ1) is 19.5. The van der Waals surface area contributed by atoms with Gasteiger partial charge in [0.1, 0.15) is 6.33 Å². The largest absolute Gasteiger partial charge is 0.449 e. The van der Waals surface area contributed by atoms with Gasteiger partial charge in [-0.25, -0.2) is 9.78 Å². The quantitative estimate of drug-likeness (QED) is 0.445. The predicted octanol–water partition coefficient (Wildman–Crippen LogP) is 3.75. The molecule has 0 N–H and O–H groups in total. The number of aromatic nitrogens is 3. The number of nitrogens with zero attached hydrogens (tertiary/aromatic N) is 4. The second-order valence-electron chi connectivity index (χ2n) is 9.51. The maximum absolute atomic E-state index is 13.7. The van der Waals surface area contributed by atoms with Crippen LogP contribution in [0.25, 0.3) is 16.7 Å². The molecule has 34 heavy (non-hydrogen) atoms. The first-order chi connectivity index (χ1) is 16.6. The fraction of sp³-hybridized carbons (Fsp3) is 0.259. The molecule has 0 bridgehead atoms. The van der Waals surface area contributed by atoms with Crippen LogP contribution in [0.4, 0.5) is 0 Å². The average molecular weight is 450 g/mol. The lowest BCUT2D eigenvalue weighted by atomic mass is 9.92. The van der Waals surface area contributed by atoms with E-state index >= 15 is 0 Å². The van der Waals surface area contributed by atoms with E-state index in [1.165, 1.54) is 0 Å². The Balaban J connectivity index is 1.15. The molecule has 7 heteroatoms. The molecular formula is C27H22N4O3. The monoisotopic (exact) mass is 450 g/mol. The number of hydrogen-bond donors (Lipinski definition) is 0. The number of benzene rings is 2. The van der Waals surface area contributed by atoms with Crippen LogP contribution in [0.2, 0.25) is 0 Å². The van der Waals surface area contributed by atoms with Crippen LogP contribution in [0.3, 0.4) is 0 Å². The second-order valence-corrected chi connectivity index (χ2v) is 9.51. The van der Waals surface area contributed by atoms with Crippen LogP contribution in [0.5, 0.6) is 0 Å². The number of rotatable bonds is 3. The third kappa shape index (κ3) is 2.64. The van der Waals surface area contributed by atoms with Gasteiger partial charge in [-0.3, -0.25) is 14.3 Å². The number of ether oxygens (including phenoxy) is 1. The fourth-order valence-electron chi connectivity index (χ4n) is 5.66. The first-order valence-corrected chi connectivity index (χ1v) is 11.6. The number of carbonyl (C=O) groups excluding carboxylic acids is 2. The Hall–Kier alpha value is -4.00. The molecule has 2 aromatic heterocycles. The Kier molecular flexibility index (Phi) is 3.87. The highest BCUT2D eigenvalue weighted by molar-refractivity contribution is 5.95. The molecule has 7 rings (SSSR count). The maximum Gasteiger partial charge on any atom is 0.341 e. The molecule has 1 aliphatic carbocycles. The Bertz CT molecular complexity index is 1470. The zero-order valence-electron chi connectivity index (χ0n) is 18.5. The van der Waals surface area contributed by atoms with Crippen LogP contribution >= 0.6 is 0 Å². The molecule has 1 unspecified atom stereocenters. The lowest BCUT2D eigenvalue weighted by Gasteiger charge is -2.27. The number of imidazole rings is 1. The van der Waals surface area contributed by atoms with E-state index in [2.05, 4.69) is 44.9 Å². The van der Waals surface area contributed by atoms with Crippen LogP contribution < -0.4 is 0 Å². The lowest BCUT2D eigenvalue weighted by molar-refractivity contribution is -0.134. The van der Waals surface area contributed by atoms with Crippen LogP contribution in [0.15, 0.2) is 73.3 Å². The lowest BCUT2D eigenvalue weighted by Crippen LogP contribution is -2.40. The van der Waals surface area contributed by atoms with Gasteiger partial charge in [0.05, 0.1) is 28.6 Å². The van der Waals surface area contributed by atoms with E-state index in [0.717, 1.165) is 40.7 Å². The van der Waals surface area contributed by atoms with Crippen molar-refractivity contribution < 1.29 is 14.3 Å². The van der Waals surface area contributed by atoms with E-state index in [1.807, 2.05) is 35.5 Å². The first-order valence-electron chi connectivity index (χ1n) is 11.6. The van der Waals surface area contributed by atoms with Crippen molar-refractivity contribution in [3.8, 4) is 5.69 Å². The van der Waals surface area contributed by atoms with Gasteiger partial charge in [0.25, 0.3) is 0 Å². The summed E-state index contributed by atoms with van der Waals surface area (Å²) >= 11 is 0. The zero-order chi connectivity index (χ0) is 22.9. The summed E-state index contributed by atoms with van der Waals surface area (Å²) in [5.41, 5.74) is 4.21. The summed E-state index contributed by atoms with van der Waals surface area (Å²) in [4.78, 5) is 36.5. The Labute approximate surface area is 196 Å². The minimum Gasteiger partial charge on any atom is -0.449 e. The van der Waals surface area contributed by atoms with Gasteiger partial charge >= 0.3 is 5.97 Å². The molecule has 2 fully saturated rings. The molecule has 0 radical (unpaired) electrons. The molecule has 2 aromatic carbocycles. The molecule has 4 heterocycles. The summed E-state index contributed by atoms with van der Waals surface area (Å²) in [6, 6.07) is 18.1. The topological polar surface area (TPSA) is 77.3 Å². The second kappa shape index (κ2) is 6.76. The smallest absolute Gasteiger partial charge is 0.341 e. The van der Waals surface area contributed by atoms with Crippen molar-refractivity contribution in [3.63, 3.8) is 0 Å². The van der Waals surface area contributed by atoms with Crippen molar-refractivity contribution in [2.75, 3.05) is 13.1 Å². The van der Waals surface area contributed by atoms with Crippen molar-refractivity contribution in [2.24, 2.45) is 0 Å². The van der Waals surface area contributed by atoms with Gasteiger partial charge in [0, 0.05) is 36.6 Å². The molecule has 1 amide bonds. The number of likely N-dealkylation sites (tertiary alicyclic amines) is 1. The third-order valence-electron chi connectivity index (χ3n) is 7.65. The highest BCUT2D eigenvalue weighted by Crippen LogP contribution is 2.52. The van der Waals surface area contributed by atoms with Crippen molar-refractivity contribution in [2.45, 2.75) is 30.3 Å². The number of para-hydroxylation sites is 2. The van der Waals surface area contributed by atoms with Crippen LogP contribution in [0.1, 0.15) is 40.7 Å². The predicted molar refractivity (Wildman–Crippen MR) is 125 cm³/mol. The minimum atomic E-state index is -0.743. The molecule has 168 valence electrons. The van der Waals surface area contributed by atoms with Gasteiger partial charge in [0.15, 0.2) is 5.60 Å². The van der Waals surface area contributed by atoms with E-state index in [9.17, 15) is 9.59 Å². The number of carbonyl (C=O) groups is 2. The molecule has 1 saturated heterocycles. The van der Waals surface area contributed by atoms with Gasteiger partial charge in [-0.15, -0.1) is 0 Å². The van der Waals surface area contributed by atoms with Crippen LogP contribution in [-0.4, -0.2) is 44.4 Å². The summed E-state index contributed by atoms with van der Waals surface area (Å²) < 4.78 is 7.87. The van der Waals surface area contributed by atoms with Gasteiger partial charge in [-0.2, -0.15) is 0 Å². The van der Waals surface area contributed by atoms with Crippen molar-refractivity contribution >= 4 is 22.9 Å². The fourth-order valence-corrected chi connectivity index (χ4v) is 5.66. The van der Waals surface area contributed by atoms with Gasteiger partial charge in [-0.05, 0) is 48.7 Å². The van der Waals surface area contributed by atoms with Gasteiger partial charge in [0.2, 0.25) is 5.91 Å². The highest BCUT2D eigenvalue weighted by atomic mass is 16.6. The molecule has 7 nitrogen and oxygen atoms in total. The summed E-state index contributed by atoms with van der Waals surface area (Å²) in [6.45, 7) is 0.976. The van der Waals surface area contributed by atoms with E-state index in [4.69, 9.17) is 4.74 Å². The standard InChI is InChI=1S/C27H22N4O3/c32-24-20-15-28-13-9-21(20)27(34-24)12-14-30(16-27)25(33)26(10-11-26)18-5-7-19(8-6-18)31-17-29-22-3-1-2-4-23(22)31/h1-9,13,15,17H,10-12,14,16H2. The molecule has 1 saturated carbocycles. The van der Waals surface area contributed by atoms with Crippen molar-refractivity contribution in [3.05, 3.63) is 90.0 Å². The molecule has 3 aliphatic rings. The molecular weight excluding hydrogens is 428 g/mol. The molecule has 1 atom stereocenters. The van der Waals surface area contributed by atoms with Crippen molar-refractivity contribution in [1.82, 2.24) is 19.4 Å². The van der Waals surface area contributed by atoms with Gasteiger partial charge < -0.3 is 9.64 Å². The van der Waals surface area contributed by atoms with Crippen LogP contribution in [0, 0.1) is 0 Å². The normalized spacial score (nSPS) is 22.2. The van der Waals surface area contributed by atoms with E-state index in [0.29, 0.717) is 25.1 Å². The summed E-state index contributed by atoms with van der Waals surface area (Å²) in [7, 11) is 0. The van der Waals surface area contributed by atoms with Crippen LogP contribution in [-0.2, 0) is 20.5 Å². The summed E-state index contributed by atoms with van der Waals surface area (Å²) in [5.74, 6) is -0.218. The number of esters is 1. The minimum absolute atomic E-state index is 0.128. The Morgan fingerprint density at radius 1 is 1.00 bits per heavy atom. The Morgan fingerprint density at radius 3 is 2.65 bits per heavy atom. The molecule has 4 aromatic rings.